The van der Waals surface area contributed by atoms with Crippen LogP contribution < -0.4 is 10.6 Å². The molecule has 8 nitrogen and oxygen atoms in total. The Morgan fingerprint density at radius 1 is 0.925 bits per heavy atom. The molecular weight excluding hydrogens is 504 g/mol. The molecule has 0 aliphatic heterocycles. The fraction of sp³-hybridized carbons (Fsp3) is 0.438. The minimum Gasteiger partial charge on any atom is -0.391 e. The van der Waals surface area contributed by atoms with E-state index in [-0.39, 0.29) is 35.4 Å². The Bertz CT molecular complexity index is 1240. The molecule has 8 heteroatoms. The first-order chi connectivity index (χ1) is 19.1. The van der Waals surface area contributed by atoms with Crippen LogP contribution in [0.1, 0.15) is 74.4 Å². The van der Waals surface area contributed by atoms with Gasteiger partial charge in [-0.15, -0.1) is 0 Å². The summed E-state index contributed by atoms with van der Waals surface area (Å²) in [5.41, 5.74) is 2.51. The molecule has 2 aromatic carbocycles. The number of amides is 2. The van der Waals surface area contributed by atoms with E-state index in [0.717, 1.165) is 11.1 Å². The number of nitrogens with one attached hydrogen (secondary N) is 3. The van der Waals surface area contributed by atoms with Gasteiger partial charge in [0, 0.05) is 25.2 Å². The van der Waals surface area contributed by atoms with Gasteiger partial charge in [-0.05, 0) is 29.9 Å². The molecule has 0 spiro atoms. The van der Waals surface area contributed by atoms with E-state index in [9.17, 15) is 19.5 Å². The second-order valence-corrected chi connectivity index (χ2v) is 11.0. The number of aromatic nitrogens is 2. The van der Waals surface area contributed by atoms with Crippen LogP contribution in [0.3, 0.4) is 0 Å². The van der Waals surface area contributed by atoms with Crippen molar-refractivity contribution in [2.24, 2.45) is 11.8 Å². The smallest absolute Gasteiger partial charge is 0.243 e. The number of benzene rings is 2. The molecule has 0 fully saturated rings. The van der Waals surface area contributed by atoms with E-state index in [1.165, 1.54) is 13.1 Å². The summed E-state index contributed by atoms with van der Waals surface area (Å²) in [6.45, 7) is 8.80. The summed E-state index contributed by atoms with van der Waals surface area (Å²) in [5, 5.41) is 17.5. The Balaban J connectivity index is 1.92. The first-order valence-corrected chi connectivity index (χ1v) is 14.0. The van der Waals surface area contributed by atoms with Crippen molar-refractivity contribution < 1.29 is 19.5 Å². The third-order valence-electron chi connectivity index (χ3n) is 7.09. The maximum atomic E-state index is 13.5. The standard InChI is InChI=1S/C32H42N4O4/c1-20(2)29(34-22(5)37)32(40)36-30(27(38)16-17-28-33-19-26(35-28)31(39)21(3)4)25(24-14-10-7-11-15-24)18-23-12-8-6-9-13-23/h6-15,19-21,25,27,29-30,38H,16-18H2,1-5H3,(H,33,35)(H,34,37)(H,36,40)/t25?,27-,29+,30-/m0/s1. The third kappa shape index (κ3) is 8.61. The summed E-state index contributed by atoms with van der Waals surface area (Å²) >= 11 is 0. The molecule has 1 heterocycles. The summed E-state index contributed by atoms with van der Waals surface area (Å²) in [7, 11) is 0. The molecule has 3 aromatic rings. The Morgan fingerprint density at radius 3 is 2.12 bits per heavy atom. The van der Waals surface area contributed by atoms with Crippen molar-refractivity contribution in [3.63, 3.8) is 0 Å². The van der Waals surface area contributed by atoms with Crippen molar-refractivity contribution in [3.05, 3.63) is 89.5 Å². The number of nitrogens with zero attached hydrogens (tertiary/aromatic N) is 1. The van der Waals surface area contributed by atoms with Crippen LogP contribution in [0.25, 0.3) is 0 Å². The van der Waals surface area contributed by atoms with Crippen LogP contribution in [-0.2, 0) is 22.4 Å². The van der Waals surface area contributed by atoms with E-state index in [1.54, 1.807) is 0 Å². The average Bonchev–Trinajstić information content (AvgIpc) is 3.41. The van der Waals surface area contributed by atoms with Gasteiger partial charge in [-0.25, -0.2) is 4.98 Å². The number of carbonyl (C=O) groups is 3. The van der Waals surface area contributed by atoms with Crippen LogP contribution in [0.4, 0.5) is 0 Å². The third-order valence-corrected chi connectivity index (χ3v) is 7.09. The van der Waals surface area contributed by atoms with E-state index in [0.29, 0.717) is 30.8 Å². The van der Waals surface area contributed by atoms with E-state index in [2.05, 4.69) is 20.6 Å². The maximum Gasteiger partial charge on any atom is 0.243 e. The molecule has 1 aromatic heterocycles. The fourth-order valence-corrected chi connectivity index (χ4v) is 4.88. The van der Waals surface area contributed by atoms with E-state index >= 15 is 0 Å². The van der Waals surface area contributed by atoms with Gasteiger partial charge in [0.1, 0.15) is 17.6 Å². The number of imidazole rings is 1. The predicted molar refractivity (Wildman–Crippen MR) is 156 cm³/mol. The van der Waals surface area contributed by atoms with Crippen LogP contribution in [0.5, 0.6) is 0 Å². The van der Waals surface area contributed by atoms with Crippen LogP contribution >= 0.6 is 0 Å². The van der Waals surface area contributed by atoms with Crippen molar-refractivity contribution in [2.45, 2.75) is 78.0 Å². The molecule has 0 bridgehead atoms. The van der Waals surface area contributed by atoms with Crippen molar-refractivity contribution in [2.75, 3.05) is 0 Å². The SMILES string of the molecule is CC(=O)N[C@@H](C(=O)N[C@@H](C(Cc1ccccc1)c1ccccc1)[C@@H](O)CCc1ncc(C(=O)C(C)C)[nH]1)C(C)C. The molecule has 2 amide bonds. The molecule has 0 aliphatic rings. The Morgan fingerprint density at radius 2 is 1.55 bits per heavy atom. The zero-order valence-corrected chi connectivity index (χ0v) is 24.1. The second kappa shape index (κ2) is 14.6. The number of aromatic amines is 1. The van der Waals surface area contributed by atoms with Crippen molar-refractivity contribution in [3.8, 4) is 0 Å². The van der Waals surface area contributed by atoms with Crippen LogP contribution in [0, 0.1) is 11.8 Å². The average molecular weight is 547 g/mol. The number of H-pyrrole nitrogens is 1. The number of rotatable bonds is 14. The summed E-state index contributed by atoms with van der Waals surface area (Å²) in [5.74, 6) is -0.598. The molecule has 3 rings (SSSR count). The molecule has 0 saturated heterocycles. The monoisotopic (exact) mass is 546 g/mol. The number of aliphatic hydroxyl groups excluding tert-OH is 1. The lowest BCUT2D eigenvalue weighted by Gasteiger charge is -2.34. The van der Waals surface area contributed by atoms with Crippen molar-refractivity contribution in [1.82, 2.24) is 20.6 Å². The predicted octanol–water partition coefficient (Wildman–Crippen LogP) is 4.21. The topological polar surface area (TPSA) is 124 Å². The number of aliphatic hydroxyl groups is 1. The number of Topliss-reactive ketones (excluding diaryl/α,β-unsaturated/α-hetero) is 1. The normalized spacial score (nSPS) is 14.4. The molecule has 4 N–H and O–H groups in total. The molecule has 4 atom stereocenters. The molecule has 0 aliphatic carbocycles. The summed E-state index contributed by atoms with van der Waals surface area (Å²) in [4.78, 5) is 45.2. The van der Waals surface area contributed by atoms with Gasteiger partial charge >= 0.3 is 0 Å². The van der Waals surface area contributed by atoms with Gasteiger partial charge in [-0.1, -0.05) is 88.4 Å². The van der Waals surface area contributed by atoms with E-state index in [4.69, 9.17) is 0 Å². The van der Waals surface area contributed by atoms with Crippen LogP contribution in [0.15, 0.2) is 66.9 Å². The highest BCUT2D eigenvalue weighted by molar-refractivity contribution is 5.95. The van der Waals surface area contributed by atoms with Gasteiger partial charge in [0.2, 0.25) is 11.8 Å². The van der Waals surface area contributed by atoms with E-state index in [1.807, 2.05) is 88.4 Å². The summed E-state index contributed by atoms with van der Waals surface area (Å²) in [6.07, 6.45) is 1.89. The van der Waals surface area contributed by atoms with Gasteiger partial charge < -0.3 is 20.7 Å². The fourth-order valence-electron chi connectivity index (χ4n) is 4.88. The van der Waals surface area contributed by atoms with Crippen molar-refractivity contribution in [1.29, 1.82) is 0 Å². The first kappa shape index (κ1) is 30.8. The maximum absolute atomic E-state index is 13.5. The van der Waals surface area contributed by atoms with Crippen LogP contribution in [0.2, 0.25) is 0 Å². The van der Waals surface area contributed by atoms with Gasteiger partial charge in [-0.3, -0.25) is 14.4 Å². The Hall–Kier alpha value is -3.78. The number of hydrogen-bond donors (Lipinski definition) is 4. The summed E-state index contributed by atoms with van der Waals surface area (Å²) in [6, 6.07) is 18.4. The number of hydrogen-bond acceptors (Lipinski definition) is 5. The van der Waals surface area contributed by atoms with Gasteiger partial charge in [0.15, 0.2) is 5.78 Å². The lowest BCUT2D eigenvalue weighted by Crippen LogP contribution is -2.56. The molecule has 214 valence electrons. The van der Waals surface area contributed by atoms with Gasteiger partial charge in [0.25, 0.3) is 0 Å². The first-order valence-electron chi connectivity index (χ1n) is 14.0. The number of aryl methyl sites for hydroxylation is 1. The quantitative estimate of drug-likeness (QED) is 0.226. The Labute approximate surface area is 237 Å². The van der Waals surface area contributed by atoms with Gasteiger partial charge in [0.05, 0.1) is 18.3 Å². The minimum absolute atomic E-state index is 0.0193. The zero-order chi connectivity index (χ0) is 29.2. The zero-order valence-electron chi connectivity index (χ0n) is 24.1. The largest absolute Gasteiger partial charge is 0.391 e. The number of carbonyl (C=O) groups excluding carboxylic acids is 3. The molecule has 0 saturated carbocycles. The van der Waals surface area contributed by atoms with Gasteiger partial charge in [-0.2, -0.15) is 0 Å². The highest BCUT2D eigenvalue weighted by atomic mass is 16.3. The lowest BCUT2D eigenvalue weighted by molar-refractivity contribution is -0.130. The molecule has 40 heavy (non-hydrogen) atoms. The van der Waals surface area contributed by atoms with E-state index < -0.39 is 18.2 Å². The van der Waals surface area contributed by atoms with Crippen LogP contribution in [-0.4, -0.2) is 50.9 Å². The molecule has 1 unspecified atom stereocenters. The molecule has 0 radical (unpaired) electrons. The second-order valence-electron chi connectivity index (χ2n) is 11.0. The molecular formula is C32H42N4O4. The number of ketones is 1. The lowest BCUT2D eigenvalue weighted by atomic mass is 9.82. The summed E-state index contributed by atoms with van der Waals surface area (Å²) < 4.78 is 0. The Kier molecular flexibility index (Phi) is 11.2. The van der Waals surface area contributed by atoms with Crippen molar-refractivity contribution >= 4 is 17.6 Å². The highest BCUT2D eigenvalue weighted by Crippen LogP contribution is 2.28. The highest BCUT2D eigenvalue weighted by Gasteiger charge is 2.34. The minimum atomic E-state index is -0.933.